The van der Waals surface area contributed by atoms with Gasteiger partial charge in [-0.25, -0.2) is 17.8 Å². The lowest BCUT2D eigenvalue weighted by molar-refractivity contribution is 0.361. The highest BCUT2D eigenvalue weighted by Crippen LogP contribution is 2.12. The Morgan fingerprint density at radius 2 is 2.35 bits per heavy atom. The van der Waals surface area contributed by atoms with Crippen LogP contribution in [0.3, 0.4) is 0 Å². The molecule has 1 aromatic rings. The summed E-state index contributed by atoms with van der Waals surface area (Å²) >= 11 is 0. The van der Waals surface area contributed by atoms with Crippen LogP contribution in [0.15, 0.2) is 11.2 Å². The van der Waals surface area contributed by atoms with Gasteiger partial charge in [-0.3, -0.25) is 0 Å². The molecule has 1 fully saturated rings. The van der Waals surface area contributed by atoms with E-state index < -0.39 is 10.0 Å². The molecule has 2 atom stereocenters. The lowest BCUT2D eigenvalue weighted by Crippen LogP contribution is -2.46. The molecule has 96 valence electrons. The number of hydrogen-bond donors (Lipinski definition) is 2. The zero-order valence-electron chi connectivity index (χ0n) is 9.92. The van der Waals surface area contributed by atoms with E-state index in [-0.39, 0.29) is 11.1 Å². The highest BCUT2D eigenvalue weighted by Gasteiger charge is 2.26. The molecule has 0 aromatic carbocycles. The Morgan fingerprint density at radius 3 is 2.94 bits per heavy atom. The van der Waals surface area contributed by atoms with Gasteiger partial charge >= 0.3 is 0 Å². The number of nitrogens with zero attached hydrogens (tertiary/aromatic N) is 3. The van der Waals surface area contributed by atoms with Gasteiger partial charge < -0.3 is 5.32 Å². The molecule has 0 radical (unpaired) electrons. The second-order valence-corrected chi connectivity index (χ2v) is 6.05. The fraction of sp³-hybridized carbons (Fsp3) is 0.778. The van der Waals surface area contributed by atoms with Crippen molar-refractivity contribution in [1.29, 1.82) is 0 Å². The summed E-state index contributed by atoms with van der Waals surface area (Å²) in [6.45, 7) is 2.88. The summed E-state index contributed by atoms with van der Waals surface area (Å²) in [5.41, 5.74) is 0. The molecule has 1 aliphatic rings. The number of piperidine rings is 1. The van der Waals surface area contributed by atoms with Crippen LogP contribution in [0.1, 0.15) is 19.8 Å². The first-order chi connectivity index (χ1) is 7.99. The van der Waals surface area contributed by atoms with Gasteiger partial charge in [-0.2, -0.15) is 0 Å². The average molecular weight is 259 g/mol. The monoisotopic (exact) mass is 259 g/mol. The Labute approximate surface area is 101 Å². The standard InChI is InChI=1S/C9H17N5O2S/c1-7-5-8(3-4-10-7)12-17(15,16)9-6-11-13-14(9)2/h6-8,10,12H,3-5H2,1-2H3. The summed E-state index contributed by atoms with van der Waals surface area (Å²) < 4.78 is 28.1. The molecule has 2 N–H and O–H groups in total. The first kappa shape index (κ1) is 12.5. The smallest absolute Gasteiger partial charge is 0.259 e. The highest BCUT2D eigenvalue weighted by molar-refractivity contribution is 7.89. The van der Waals surface area contributed by atoms with Gasteiger partial charge in [0.15, 0.2) is 5.03 Å². The van der Waals surface area contributed by atoms with E-state index in [2.05, 4.69) is 20.4 Å². The normalized spacial score (nSPS) is 26.0. The third-order valence-corrected chi connectivity index (χ3v) is 4.46. The SMILES string of the molecule is CC1CC(NS(=O)(=O)c2cnnn2C)CCN1. The second kappa shape index (κ2) is 4.71. The molecule has 1 saturated heterocycles. The largest absolute Gasteiger partial charge is 0.314 e. The van der Waals surface area contributed by atoms with Crippen molar-refractivity contribution in [2.75, 3.05) is 6.54 Å². The molecule has 0 aliphatic carbocycles. The third-order valence-electron chi connectivity index (χ3n) is 2.89. The summed E-state index contributed by atoms with van der Waals surface area (Å²) in [7, 11) is -1.95. The maximum absolute atomic E-state index is 12.1. The van der Waals surface area contributed by atoms with Crippen molar-refractivity contribution in [3.8, 4) is 0 Å². The lowest BCUT2D eigenvalue weighted by atomic mass is 10.0. The van der Waals surface area contributed by atoms with Crippen molar-refractivity contribution in [3.05, 3.63) is 6.20 Å². The number of hydrogen-bond acceptors (Lipinski definition) is 5. The van der Waals surface area contributed by atoms with Crippen LogP contribution in [-0.2, 0) is 17.1 Å². The maximum atomic E-state index is 12.1. The maximum Gasteiger partial charge on any atom is 0.259 e. The van der Waals surface area contributed by atoms with Crippen molar-refractivity contribution in [3.63, 3.8) is 0 Å². The molecule has 2 unspecified atom stereocenters. The van der Waals surface area contributed by atoms with E-state index in [0.717, 1.165) is 19.4 Å². The van der Waals surface area contributed by atoms with Crippen molar-refractivity contribution < 1.29 is 8.42 Å². The van der Waals surface area contributed by atoms with Gasteiger partial charge in [-0.05, 0) is 26.3 Å². The fourth-order valence-electron chi connectivity index (χ4n) is 2.04. The van der Waals surface area contributed by atoms with Crippen molar-refractivity contribution in [2.24, 2.45) is 7.05 Å². The Morgan fingerprint density at radius 1 is 1.59 bits per heavy atom. The molecule has 7 nitrogen and oxygen atoms in total. The zero-order chi connectivity index (χ0) is 12.5. The van der Waals surface area contributed by atoms with Gasteiger partial charge in [-0.1, -0.05) is 5.21 Å². The second-order valence-electron chi connectivity index (χ2n) is 4.39. The average Bonchev–Trinajstić information content (AvgIpc) is 2.64. The quantitative estimate of drug-likeness (QED) is 0.744. The Hall–Kier alpha value is -0.990. The molecular weight excluding hydrogens is 242 g/mol. The molecule has 0 amide bonds. The van der Waals surface area contributed by atoms with Gasteiger partial charge in [0.25, 0.3) is 10.0 Å². The molecule has 1 aliphatic heterocycles. The minimum absolute atomic E-state index is 0.0221. The van der Waals surface area contributed by atoms with Crippen LogP contribution >= 0.6 is 0 Å². The Kier molecular flexibility index (Phi) is 3.45. The first-order valence-electron chi connectivity index (χ1n) is 5.59. The summed E-state index contributed by atoms with van der Waals surface area (Å²) in [6, 6.07) is 0.312. The van der Waals surface area contributed by atoms with Gasteiger partial charge in [0.2, 0.25) is 0 Å². The van der Waals surface area contributed by atoms with E-state index in [1.165, 1.54) is 10.9 Å². The predicted octanol–water partition coefficient (Wildman–Crippen LogP) is -0.766. The Balaban J connectivity index is 2.10. The summed E-state index contributed by atoms with van der Waals surface area (Å²) in [4.78, 5) is 0. The van der Waals surface area contributed by atoms with Gasteiger partial charge in [0.05, 0.1) is 6.20 Å². The third kappa shape index (κ3) is 2.82. The molecule has 0 bridgehead atoms. The molecule has 2 heterocycles. The Bertz CT molecular complexity index is 483. The van der Waals surface area contributed by atoms with Crippen LogP contribution in [-0.4, -0.2) is 42.0 Å². The fourth-order valence-corrected chi connectivity index (χ4v) is 3.39. The van der Waals surface area contributed by atoms with Crippen molar-refractivity contribution in [1.82, 2.24) is 25.0 Å². The summed E-state index contributed by atoms with van der Waals surface area (Å²) in [5, 5.41) is 10.6. The van der Waals surface area contributed by atoms with Crippen LogP contribution in [0.4, 0.5) is 0 Å². The summed E-state index contributed by atoms with van der Waals surface area (Å²) in [6.07, 6.45) is 2.85. The molecule has 0 saturated carbocycles. The highest BCUT2D eigenvalue weighted by atomic mass is 32.2. The zero-order valence-corrected chi connectivity index (χ0v) is 10.7. The molecule has 17 heavy (non-hydrogen) atoms. The van der Waals surface area contributed by atoms with Gasteiger partial charge in [0, 0.05) is 19.1 Å². The van der Waals surface area contributed by atoms with Crippen LogP contribution in [0.5, 0.6) is 0 Å². The molecule has 8 heteroatoms. The van der Waals surface area contributed by atoms with Crippen molar-refractivity contribution in [2.45, 2.75) is 36.9 Å². The number of aryl methyl sites for hydroxylation is 1. The van der Waals surface area contributed by atoms with Crippen LogP contribution < -0.4 is 10.0 Å². The molecule has 1 aromatic heterocycles. The van der Waals surface area contributed by atoms with Crippen LogP contribution in [0, 0.1) is 0 Å². The van der Waals surface area contributed by atoms with E-state index in [0.29, 0.717) is 6.04 Å². The minimum Gasteiger partial charge on any atom is -0.314 e. The number of sulfonamides is 1. The van der Waals surface area contributed by atoms with Crippen molar-refractivity contribution >= 4 is 10.0 Å². The van der Waals surface area contributed by atoms with E-state index in [9.17, 15) is 8.42 Å². The topological polar surface area (TPSA) is 88.9 Å². The number of aromatic nitrogens is 3. The van der Waals surface area contributed by atoms with E-state index in [4.69, 9.17) is 0 Å². The lowest BCUT2D eigenvalue weighted by Gasteiger charge is -2.28. The minimum atomic E-state index is -3.51. The van der Waals surface area contributed by atoms with Gasteiger partial charge in [-0.15, -0.1) is 5.10 Å². The summed E-state index contributed by atoms with van der Waals surface area (Å²) in [5.74, 6) is 0. The van der Waals surface area contributed by atoms with E-state index in [1.54, 1.807) is 7.05 Å². The van der Waals surface area contributed by atoms with E-state index >= 15 is 0 Å². The number of nitrogens with one attached hydrogen (secondary N) is 2. The molecule has 0 spiro atoms. The van der Waals surface area contributed by atoms with Crippen LogP contribution in [0.25, 0.3) is 0 Å². The van der Waals surface area contributed by atoms with Gasteiger partial charge in [0.1, 0.15) is 0 Å². The first-order valence-corrected chi connectivity index (χ1v) is 7.08. The molecule has 2 rings (SSSR count). The molecular formula is C9H17N5O2S. The van der Waals surface area contributed by atoms with E-state index in [1.807, 2.05) is 6.92 Å². The number of rotatable bonds is 3. The predicted molar refractivity (Wildman–Crippen MR) is 61.8 cm³/mol. The van der Waals surface area contributed by atoms with Crippen LogP contribution in [0.2, 0.25) is 0 Å².